The lowest BCUT2D eigenvalue weighted by molar-refractivity contribution is -0.144. The Morgan fingerprint density at radius 2 is 2.00 bits per heavy atom. The van der Waals surface area contributed by atoms with Crippen LogP contribution in [-0.4, -0.2) is 24.5 Å². The molecule has 1 heterocycles. The van der Waals surface area contributed by atoms with Crippen molar-refractivity contribution in [1.82, 2.24) is 5.32 Å². The average Bonchev–Trinajstić information content (AvgIpc) is 3.11. The maximum atomic E-state index is 11.8. The number of hydrogen-bond acceptors (Lipinski definition) is 4. The van der Waals surface area contributed by atoms with Crippen LogP contribution in [-0.2, 0) is 20.7 Å². The number of carbonyl (C=O) groups is 2. The molecule has 1 aromatic heterocycles. The number of nitrogens with one attached hydrogen (secondary N) is 1. The molecule has 0 fully saturated rings. The number of benzene rings is 1. The van der Waals surface area contributed by atoms with Crippen LogP contribution in [0.4, 0.5) is 0 Å². The van der Waals surface area contributed by atoms with Gasteiger partial charge in [-0.15, -0.1) is 0 Å². The Morgan fingerprint density at radius 3 is 2.71 bits per heavy atom. The molecule has 0 aliphatic rings. The van der Waals surface area contributed by atoms with Gasteiger partial charge in [0, 0.05) is 12.1 Å². The molecule has 5 nitrogen and oxygen atoms in total. The minimum absolute atomic E-state index is 0.00932. The van der Waals surface area contributed by atoms with Crippen LogP contribution in [0.15, 0.2) is 59.2 Å². The summed E-state index contributed by atoms with van der Waals surface area (Å²) in [6.07, 6.45) is 5.93. The SMILES string of the molecule is CC(CCc1ccccc1)NC(=O)COC(=O)C=Cc1ccco1. The Hall–Kier alpha value is -2.82. The van der Waals surface area contributed by atoms with E-state index in [1.54, 1.807) is 12.1 Å². The van der Waals surface area contributed by atoms with Gasteiger partial charge in [0.05, 0.1) is 6.26 Å². The fourth-order valence-corrected chi connectivity index (χ4v) is 2.14. The quantitative estimate of drug-likeness (QED) is 0.598. The molecular formula is C19H21NO4. The Bertz CT molecular complexity index is 662. The smallest absolute Gasteiger partial charge is 0.331 e. The van der Waals surface area contributed by atoms with Crippen LogP contribution in [0.2, 0.25) is 0 Å². The molecule has 0 saturated carbocycles. The van der Waals surface area contributed by atoms with Crippen molar-refractivity contribution in [1.29, 1.82) is 0 Å². The van der Waals surface area contributed by atoms with E-state index in [9.17, 15) is 9.59 Å². The molecule has 0 aliphatic heterocycles. The lowest BCUT2D eigenvalue weighted by Gasteiger charge is -2.13. The minimum Gasteiger partial charge on any atom is -0.465 e. The van der Waals surface area contributed by atoms with Gasteiger partial charge in [-0.2, -0.15) is 0 Å². The summed E-state index contributed by atoms with van der Waals surface area (Å²) >= 11 is 0. The zero-order valence-corrected chi connectivity index (χ0v) is 13.6. The van der Waals surface area contributed by atoms with Crippen LogP contribution < -0.4 is 5.32 Å². The van der Waals surface area contributed by atoms with Crippen molar-refractivity contribution in [2.75, 3.05) is 6.61 Å². The fourth-order valence-electron chi connectivity index (χ4n) is 2.14. The highest BCUT2D eigenvalue weighted by Gasteiger charge is 2.09. The van der Waals surface area contributed by atoms with Crippen LogP contribution in [0.3, 0.4) is 0 Å². The van der Waals surface area contributed by atoms with Crippen molar-refractivity contribution in [2.24, 2.45) is 0 Å². The lowest BCUT2D eigenvalue weighted by atomic mass is 10.1. The first kappa shape index (κ1) is 17.5. The summed E-state index contributed by atoms with van der Waals surface area (Å²) in [5.41, 5.74) is 1.23. The Morgan fingerprint density at radius 1 is 1.21 bits per heavy atom. The van der Waals surface area contributed by atoms with E-state index < -0.39 is 5.97 Å². The van der Waals surface area contributed by atoms with E-state index in [1.807, 2.05) is 25.1 Å². The minimum atomic E-state index is -0.585. The van der Waals surface area contributed by atoms with E-state index in [-0.39, 0.29) is 18.6 Å². The first-order valence-corrected chi connectivity index (χ1v) is 7.85. The molecule has 1 aromatic carbocycles. The first-order valence-electron chi connectivity index (χ1n) is 7.85. The lowest BCUT2D eigenvalue weighted by Crippen LogP contribution is -2.36. The Balaban J connectivity index is 1.64. The molecule has 1 N–H and O–H groups in total. The van der Waals surface area contributed by atoms with Crippen LogP contribution in [0.1, 0.15) is 24.7 Å². The second-order valence-electron chi connectivity index (χ2n) is 5.45. The molecule has 1 unspecified atom stereocenters. The third kappa shape index (κ3) is 6.52. The van der Waals surface area contributed by atoms with Gasteiger partial charge in [0.15, 0.2) is 6.61 Å². The van der Waals surface area contributed by atoms with Crippen molar-refractivity contribution in [2.45, 2.75) is 25.8 Å². The molecule has 2 aromatic rings. The summed E-state index contributed by atoms with van der Waals surface area (Å²) in [6.45, 7) is 1.64. The first-order chi connectivity index (χ1) is 11.6. The van der Waals surface area contributed by atoms with Gasteiger partial charge < -0.3 is 14.5 Å². The van der Waals surface area contributed by atoms with Gasteiger partial charge >= 0.3 is 5.97 Å². The summed E-state index contributed by atoms with van der Waals surface area (Å²) in [7, 11) is 0. The number of amides is 1. The van der Waals surface area contributed by atoms with Gasteiger partial charge in [-0.05, 0) is 43.5 Å². The van der Waals surface area contributed by atoms with E-state index in [2.05, 4.69) is 17.4 Å². The molecule has 5 heteroatoms. The third-order valence-corrected chi connectivity index (χ3v) is 3.39. The van der Waals surface area contributed by atoms with Crippen molar-refractivity contribution >= 4 is 18.0 Å². The molecule has 1 atom stereocenters. The summed E-state index contributed by atoms with van der Waals surface area (Å²) in [6, 6.07) is 13.5. The van der Waals surface area contributed by atoms with Crippen LogP contribution in [0.5, 0.6) is 0 Å². The van der Waals surface area contributed by atoms with E-state index in [0.29, 0.717) is 5.76 Å². The van der Waals surface area contributed by atoms with Crippen molar-refractivity contribution in [3.8, 4) is 0 Å². The van der Waals surface area contributed by atoms with Crippen LogP contribution in [0.25, 0.3) is 6.08 Å². The maximum absolute atomic E-state index is 11.8. The summed E-state index contributed by atoms with van der Waals surface area (Å²) in [5.74, 6) is -0.347. The summed E-state index contributed by atoms with van der Waals surface area (Å²) < 4.78 is 9.94. The number of furan rings is 1. The zero-order valence-electron chi connectivity index (χ0n) is 13.6. The average molecular weight is 327 g/mol. The standard InChI is InChI=1S/C19H21NO4/c1-15(9-10-16-6-3-2-4-7-16)20-18(21)14-24-19(22)12-11-17-8-5-13-23-17/h2-8,11-13,15H,9-10,14H2,1H3,(H,20,21). The highest BCUT2D eigenvalue weighted by molar-refractivity contribution is 5.88. The molecule has 1 amide bonds. The molecule has 0 radical (unpaired) electrons. The molecule has 2 rings (SSSR count). The Kier molecular flexibility index (Phi) is 6.83. The Labute approximate surface area is 141 Å². The van der Waals surface area contributed by atoms with Gasteiger partial charge in [0.25, 0.3) is 5.91 Å². The third-order valence-electron chi connectivity index (χ3n) is 3.39. The summed E-state index contributed by atoms with van der Waals surface area (Å²) in [5, 5.41) is 2.82. The number of esters is 1. The molecule has 126 valence electrons. The zero-order chi connectivity index (χ0) is 17.2. The van der Waals surface area contributed by atoms with Gasteiger partial charge in [0.1, 0.15) is 5.76 Å². The van der Waals surface area contributed by atoms with E-state index in [4.69, 9.17) is 9.15 Å². The van der Waals surface area contributed by atoms with Crippen LogP contribution in [0, 0.1) is 0 Å². The highest BCUT2D eigenvalue weighted by Crippen LogP contribution is 2.05. The molecule has 24 heavy (non-hydrogen) atoms. The highest BCUT2D eigenvalue weighted by atomic mass is 16.5. The number of hydrogen-bond donors (Lipinski definition) is 1. The topological polar surface area (TPSA) is 68.5 Å². The van der Waals surface area contributed by atoms with Gasteiger partial charge in [-0.1, -0.05) is 30.3 Å². The van der Waals surface area contributed by atoms with Crippen molar-refractivity contribution < 1.29 is 18.7 Å². The van der Waals surface area contributed by atoms with Crippen molar-refractivity contribution in [3.05, 3.63) is 66.1 Å². The molecule has 0 spiro atoms. The predicted molar refractivity (Wildman–Crippen MR) is 91.1 cm³/mol. The molecule has 0 bridgehead atoms. The van der Waals surface area contributed by atoms with E-state index >= 15 is 0 Å². The normalized spacial score (nSPS) is 12.0. The largest absolute Gasteiger partial charge is 0.465 e. The number of carbonyl (C=O) groups excluding carboxylic acids is 2. The molecule has 0 aliphatic carbocycles. The second-order valence-corrected chi connectivity index (χ2v) is 5.45. The van der Waals surface area contributed by atoms with Gasteiger partial charge in [0.2, 0.25) is 0 Å². The van der Waals surface area contributed by atoms with E-state index in [0.717, 1.165) is 12.8 Å². The monoisotopic (exact) mass is 327 g/mol. The number of ether oxygens (including phenoxy) is 1. The molecule has 0 saturated heterocycles. The van der Waals surface area contributed by atoms with E-state index in [1.165, 1.54) is 24.0 Å². The van der Waals surface area contributed by atoms with Gasteiger partial charge in [-0.3, -0.25) is 4.79 Å². The second kappa shape index (κ2) is 9.35. The predicted octanol–water partition coefficient (Wildman–Crippen LogP) is 2.97. The number of aryl methyl sites for hydroxylation is 1. The molecular weight excluding hydrogens is 306 g/mol. The van der Waals surface area contributed by atoms with Crippen LogP contribution >= 0.6 is 0 Å². The van der Waals surface area contributed by atoms with Gasteiger partial charge in [-0.25, -0.2) is 4.79 Å². The maximum Gasteiger partial charge on any atom is 0.331 e. The summed E-state index contributed by atoms with van der Waals surface area (Å²) in [4.78, 5) is 23.3. The number of rotatable bonds is 8. The fraction of sp³-hybridized carbons (Fsp3) is 0.263. The van der Waals surface area contributed by atoms with Crippen molar-refractivity contribution in [3.63, 3.8) is 0 Å².